The fourth-order valence-corrected chi connectivity index (χ4v) is 2.65. The molecule has 1 fully saturated rings. The molecule has 0 unspecified atom stereocenters. The topological polar surface area (TPSA) is 126 Å². The Morgan fingerprint density at radius 1 is 1.00 bits per heavy atom. The second-order valence-electron chi connectivity index (χ2n) is 5.82. The molecule has 1 N–H and O–H groups in total. The van der Waals surface area contributed by atoms with E-state index in [2.05, 4.69) is 5.32 Å². The van der Waals surface area contributed by atoms with E-state index < -0.39 is 16.9 Å². The molecule has 1 aromatic heterocycles. The number of hydrogen-bond acceptors (Lipinski definition) is 6. The molecule has 0 aliphatic carbocycles. The summed E-state index contributed by atoms with van der Waals surface area (Å²) < 4.78 is 5.08. The van der Waals surface area contributed by atoms with E-state index in [1.807, 2.05) is 0 Å². The molecule has 10 heteroatoms. The fraction of sp³-hybridized carbons (Fsp3) is 0.235. The Morgan fingerprint density at radius 3 is 2.19 bits per heavy atom. The van der Waals surface area contributed by atoms with Crippen LogP contribution in [0.15, 0.2) is 47.1 Å². The normalized spacial score (nSPS) is 13.9. The van der Waals surface area contributed by atoms with Crippen molar-refractivity contribution in [2.24, 2.45) is 0 Å². The minimum absolute atomic E-state index is 0.139. The molecule has 10 nitrogen and oxygen atoms in total. The predicted molar refractivity (Wildman–Crippen MR) is 92.1 cm³/mol. The van der Waals surface area contributed by atoms with Crippen LogP contribution in [-0.2, 0) is 0 Å². The fourth-order valence-electron chi connectivity index (χ4n) is 2.65. The molecule has 1 aliphatic heterocycles. The summed E-state index contributed by atoms with van der Waals surface area (Å²) in [5.74, 6) is -0.660. The number of imide groups is 1. The average molecular weight is 372 g/mol. The Hall–Kier alpha value is -3.69. The van der Waals surface area contributed by atoms with Gasteiger partial charge in [-0.3, -0.25) is 25.0 Å². The zero-order chi connectivity index (χ0) is 19.4. The predicted octanol–water partition coefficient (Wildman–Crippen LogP) is 1.50. The summed E-state index contributed by atoms with van der Waals surface area (Å²) in [6, 6.07) is 7.56. The Balaban J connectivity index is 1.52. The summed E-state index contributed by atoms with van der Waals surface area (Å²) in [6.07, 6.45) is 1.42. The van der Waals surface area contributed by atoms with Crippen molar-refractivity contribution >= 4 is 23.5 Å². The number of nitro benzene ring substituents is 1. The van der Waals surface area contributed by atoms with Crippen LogP contribution in [0.2, 0.25) is 0 Å². The molecular formula is C17H16N4O6. The number of hydrogen-bond donors (Lipinski definition) is 1. The van der Waals surface area contributed by atoms with E-state index in [1.165, 1.54) is 35.4 Å². The van der Waals surface area contributed by atoms with Crippen LogP contribution in [0, 0.1) is 10.1 Å². The SMILES string of the molecule is O=C(NC(=O)N1CCN(C(=O)c2ccco2)CC1)c1ccc([N+](=O)[O-])cc1. The maximum atomic E-state index is 12.2. The van der Waals surface area contributed by atoms with Crippen LogP contribution < -0.4 is 5.32 Å². The smallest absolute Gasteiger partial charge is 0.324 e. The summed E-state index contributed by atoms with van der Waals surface area (Å²) in [6.45, 7) is 1.18. The van der Waals surface area contributed by atoms with Crippen LogP contribution in [0.25, 0.3) is 0 Å². The second kappa shape index (κ2) is 7.68. The molecule has 4 amide bonds. The third-order valence-corrected chi connectivity index (χ3v) is 4.15. The molecule has 1 saturated heterocycles. The van der Waals surface area contributed by atoms with Crippen molar-refractivity contribution in [3.05, 3.63) is 64.1 Å². The molecule has 1 aliphatic rings. The van der Waals surface area contributed by atoms with Gasteiger partial charge in [0.1, 0.15) is 0 Å². The van der Waals surface area contributed by atoms with Crippen molar-refractivity contribution in [1.29, 1.82) is 0 Å². The van der Waals surface area contributed by atoms with Gasteiger partial charge < -0.3 is 14.2 Å². The number of nitrogens with one attached hydrogen (secondary N) is 1. The lowest BCUT2D eigenvalue weighted by Gasteiger charge is -2.34. The summed E-state index contributed by atoms with van der Waals surface area (Å²) >= 11 is 0. The van der Waals surface area contributed by atoms with Gasteiger partial charge in [0.2, 0.25) is 0 Å². The molecule has 3 rings (SSSR count). The Bertz CT molecular complexity index is 854. The van der Waals surface area contributed by atoms with Gasteiger partial charge in [0.15, 0.2) is 5.76 Å². The zero-order valence-corrected chi connectivity index (χ0v) is 14.2. The largest absolute Gasteiger partial charge is 0.459 e. The molecule has 1 aromatic carbocycles. The van der Waals surface area contributed by atoms with Crippen LogP contribution >= 0.6 is 0 Å². The summed E-state index contributed by atoms with van der Waals surface area (Å²) in [7, 11) is 0. The number of rotatable bonds is 3. The highest BCUT2D eigenvalue weighted by Crippen LogP contribution is 2.12. The first-order valence-electron chi connectivity index (χ1n) is 8.13. The molecule has 0 atom stereocenters. The number of furan rings is 1. The maximum Gasteiger partial charge on any atom is 0.324 e. The number of amides is 4. The zero-order valence-electron chi connectivity index (χ0n) is 14.2. The van der Waals surface area contributed by atoms with Crippen LogP contribution in [0.4, 0.5) is 10.5 Å². The third-order valence-electron chi connectivity index (χ3n) is 4.15. The molecule has 2 heterocycles. The van der Waals surface area contributed by atoms with Gasteiger partial charge in [0.25, 0.3) is 17.5 Å². The monoisotopic (exact) mass is 372 g/mol. The second-order valence-corrected chi connectivity index (χ2v) is 5.82. The van der Waals surface area contributed by atoms with Gasteiger partial charge in [-0.05, 0) is 24.3 Å². The molecule has 27 heavy (non-hydrogen) atoms. The summed E-state index contributed by atoms with van der Waals surface area (Å²) in [4.78, 5) is 49.6. The van der Waals surface area contributed by atoms with Crippen LogP contribution in [0.5, 0.6) is 0 Å². The van der Waals surface area contributed by atoms with E-state index in [4.69, 9.17) is 4.42 Å². The van der Waals surface area contributed by atoms with E-state index >= 15 is 0 Å². The highest BCUT2D eigenvalue weighted by atomic mass is 16.6. The molecule has 0 bridgehead atoms. The van der Waals surface area contributed by atoms with Crippen LogP contribution in [-0.4, -0.2) is 58.7 Å². The molecule has 0 radical (unpaired) electrons. The quantitative estimate of drug-likeness (QED) is 0.643. The van der Waals surface area contributed by atoms with E-state index in [1.54, 1.807) is 17.0 Å². The highest BCUT2D eigenvalue weighted by Gasteiger charge is 2.27. The van der Waals surface area contributed by atoms with Gasteiger partial charge >= 0.3 is 6.03 Å². The van der Waals surface area contributed by atoms with Gasteiger partial charge in [-0.25, -0.2) is 4.79 Å². The van der Waals surface area contributed by atoms with Gasteiger partial charge in [-0.15, -0.1) is 0 Å². The third kappa shape index (κ3) is 4.11. The van der Waals surface area contributed by atoms with Crippen molar-refractivity contribution in [3.8, 4) is 0 Å². The van der Waals surface area contributed by atoms with E-state index in [0.717, 1.165) is 0 Å². The van der Waals surface area contributed by atoms with E-state index in [9.17, 15) is 24.5 Å². The van der Waals surface area contributed by atoms with Crippen molar-refractivity contribution in [2.45, 2.75) is 0 Å². The first-order valence-corrected chi connectivity index (χ1v) is 8.13. The number of piperazine rings is 1. The molecular weight excluding hydrogens is 356 g/mol. The minimum Gasteiger partial charge on any atom is -0.459 e. The van der Waals surface area contributed by atoms with Crippen molar-refractivity contribution < 1.29 is 23.7 Å². The van der Waals surface area contributed by atoms with Crippen LogP contribution in [0.1, 0.15) is 20.9 Å². The lowest BCUT2D eigenvalue weighted by molar-refractivity contribution is -0.384. The average Bonchev–Trinajstić information content (AvgIpc) is 3.22. The molecule has 2 aromatic rings. The molecule has 0 saturated carbocycles. The standard InChI is InChI=1S/C17H16N4O6/c22-15(12-3-5-13(6-4-12)21(25)26)18-17(24)20-9-7-19(8-10-20)16(23)14-2-1-11-27-14/h1-6,11H,7-10H2,(H,18,22,24). The number of carbonyl (C=O) groups excluding carboxylic acids is 3. The number of urea groups is 1. The van der Waals surface area contributed by atoms with Gasteiger partial charge in [0.05, 0.1) is 11.2 Å². The number of nitro groups is 1. The first kappa shape index (κ1) is 18.1. The number of benzene rings is 1. The maximum absolute atomic E-state index is 12.2. The Labute approximate surface area is 153 Å². The number of non-ortho nitro benzene ring substituents is 1. The molecule has 140 valence electrons. The number of nitrogens with zero attached hydrogens (tertiary/aromatic N) is 3. The van der Waals surface area contributed by atoms with Crippen molar-refractivity contribution in [3.63, 3.8) is 0 Å². The highest BCUT2D eigenvalue weighted by molar-refractivity contribution is 6.04. The first-order chi connectivity index (χ1) is 13.0. The lowest BCUT2D eigenvalue weighted by atomic mass is 10.2. The van der Waals surface area contributed by atoms with Crippen molar-refractivity contribution in [1.82, 2.24) is 15.1 Å². The minimum atomic E-state index is -0.649. The lowest BCUT2D eigenvalue weighted by Crippen LogP contribution is -2.54. The van der Waals surface area contributed by atoms with Crippen molar-refractivity contribution in [2.75, 3.05) is 26.2 Å². The number of carbonyl (C=O) groups is 3. The Morgan fingerprint density at radius 2 is 1.63 bits per heavy atom. The Kier molecular flexibility index (Phi) is 5.15. The molecule has 0 spiro atoms. The summed E-state index contributed by atoms with van der Waals surface area (Å²) in [5, 5.41) is 12.9. The van der Waals surface area contributed by atoms with Crippen LogP contribution in [0.3, 0.4) is 0 Å². The summed E-state index contributed by atoms with van der Waals surface area (Å²) in [5.41, 5.74) is -0.00388. The van der Waals surface area contributed by atoms with E-state index in [0.29, 0.717) is 13.1 Å². The van der Waals surface area contributed by atoms with E-state index in [-0.39, 0.29) is 36.0 Å². The van der Waals surface area contributed by atoms with Gasteiger partial charge in [0, 0.05) is 43.9 Å². The van der Waals surface area contributed by atoms with Gasteiger partial charge in [-0.2, -0.15) is 0 Å². The van der Waals surface area contributed by atoms with Gasteiger partial charge in [-0.1, -0.05) is 0 Å².